The van der Waals surface area contributed by atoms with E-state index < -0.39 is 34.9 Å². The lowest BCUT2D eigenvalue weighted by molar-refractivity contribution is 0.514. The first-order valence-electron chi connectivity index (χ1n) is 39.9. The van der Waals surface area contributed by atoms with Crippen LogP contribution in [0.25, 0.3) is 66.8 Å². The molecule has 0 aromatic heterocycles. The predicted molar refractivity (Wildman–Crippen MR) is 426 cm³/mol. The third-order valence-corrected chi connectivity index (χ3v) is 20.3. The number of unbranched alkanes of at least 4 members (excludes halogenated alkanes) is 24. The van der Waals surface area contributed by atoms with E-state index in [0.29, 0.717) is 50.1 Å². The van der Waals surface area contributed by atoms with Crippen molar-refractivity contribution >= 4 is 0 Å². The van der Waals surface area contributed by atoms with Gasteiger partial charge < -0.3 is 0 Å². The van der Waals surface area contributed by atoms with Crippen LogP contribution in [-0.4, -0.2) is 0 Å². The Labute approximate surface area is 612 Å². The van der Waals surface area contributed by atoms with Crippen molar-refractivity contribution < 1.29 is 26.3 Å². The number of benzene rings is 9. The van der Waals surface area contributed by atoms with Crippen LogP contribution in [-0.2, 0) is 38.5 Å². The summed E-state index contributed by atoms with van der Waals surface area (Å²) in [5.41, 5.74) is 13.7. The van der Waals surface area contributed by atoms with Crippen molar-refractivity contribution in [2.45, 2.75) is 273 Å². The van der Waals surface area contributed by atoms with Crippen LogP contribution < -0.4 is 0 Å². The van der Waals surface area contributed by atoms with Crippen molar-refractivity contribution in [3.05, 3.63) is 250 Å². The molecule has 0 radical (unpaired) electrons. The highest BCUT2D eigenvalue weighted by molar-refractivity contribution is 5.75. The van der Waals surface area contributed by atoms with Gasteiger partial charge in [0.1, 0.15) is 0 Å². The highest BCUT2D eigenvalue weighted by Gasteiger charge is 2.20. The normalized spacial score (nSPS) is 11.2. The summed E-state index contributed by atoms with van der Waals surface area (Å²) in [7, 11) is 0. The van der Waals surface area contributed by atoms with Gasteiger partial charge in [0.15, 0.2) is 34.9 Å². The molecule has 0 atom stereocenters. The summed E-state index contributed by atoms with van der Waals surface area (Å²) in [5.74, 6) is -4.65. The molecule has 0 N–H and O–H groups in total. The molecular weight excluding hydrogens is 1270 g/mol. The number of aryl methyl sites for hydroxylation is 6. The third kappa shape index (κ3) is 27.0. The Morgan fingerprint density at radius 2 is 0.265 bits per heavy atom. The molecule has 0 unspecified atom stereocenters. The fourth-order valence-corrected chi connectivity index (χ4v) is 13.7. The summed E-state index contributed by atoms with van der Waals surface area (Å²) in [6.45, 7) is 13.3. The van der Waals surface area contributed by atoms with Crippen molar-refractivity contribution in [2.24, 2.45) is 0 Å². The molecule has 9 rings (SSSR count). The van der Waals surface area contributed by atoms with Crippen LogP contribution in [0.1, 0.15) is 268 Å². The molecule has 102 heavy (non-hydrogen) atoms. The minimum absolute atomic E-state index is 0.316. The van der Waals surface area contributed by atoms with E-state index in [2.05, 4.69) is 65.8 Å². The van der Waals surface area contributed by atoms with Crippen LogP contribution in [0.15, 0.2) is 182 Å². The van der Waals surface area contributed by atoms with E-state index in [1.165, 1.54) is 207 Å². The Bertz CT molecular complexity index is 3750. The molecule has 0 nitrogen and oxygen atoms in total. The van der Waals surface area contributed by atoms with Crippen molar-refractivity contribution in [2.75, 3.05) is 0 Å². The molecule has 0 saturated heterocycles. The monoisotopic (exact) mass is 1390 g/mol. The maximum Gasteiger partial charge on any atom is 0.167 e. The first-order chi connectivity index (χ1) is 49.9. The summed E-state index contributed by atoms with van der Waals surface area (Å²) < 4.78 is 90.1. The van der Waals surface area contributed by atoms with Crippen LogP contribution >= 0.6 is 0 Å². The van der Waals surface area contributed by atoms with Gasteiger partial charge in [0.05, 0.1) is 0 Å². The lowest BCUT2D eigenvalue weighted by Gasteiger charge is -2.11. The standard InChI is InChI=1S/C33H42F2.C32H40F2.C31H38F2/c1-3-5-7-8-9-10-11-13-15-27-18-22-29(23-19-27)31-25-24-30(32(34)33(31)35)28-20-16-26(17-21-28)14-12-6-4-2;1-3-5-7-8-9-10-12-14-26-17-21-28(22-18-26)30-24-23-29(31(33)32(30)34)27-19-15-25(16-20-27)13-11-6-4-2;1-3-5-7-8-9-11-13-25-16-20-27(21-17-25)29-23-22-28(30(32)31(29)33)26-18-14-24(15-19-26)12-10-6-4-2/h16-25H,3-15H2,1-2H3;15-24H,3-14H2,1-2H3;14-23H,3-13H2,1-2H3. The average Bonchev–Trinajstić information content (AvgIpc) is 0.810. The van der Waals surface area contributed by atoms with E-state index in [1.807, 2.05) is 121 Å². The lowest BCUT2D eigenvalue weighted by atomic mass is 9.96. The van der Waals surface area contributed by atoms with Crippen LogP contribution in [0.3, 0.4) is 0 Å². The van der Waals surface area contributed by atoms with E-state index in [0.717, 1.165) is 74.5 Å². The molecule has 0 heterocycles. The molecule has 9 aromatic rings. The number of hydrogen-bond donors (Lipinski definition) is 0. The fraction of sp³-hybridized carbons (Fsp3) is 0.438. The van der Waals surface area contributed by atoms with Crippen molar-refractivity contribution in [3.63, 3.8) is 0 Å². The van der Waals surface area contributed by atoms with E-state index in [9.17, 15) is 8.78 Å². The number of rotatable bonds is 42. The molecule has 0 bridgehead atoms. The summed E-state index contributed by atoms with van der Waals surface area (Å²) >= 11 is 0. The second-order valence-electron chi connectivity index (χ2n) is 28.5. The maximum absolute atomic E-state index is 15.0. The summed E-state index contributed by atoms with van der Waals surface area (Å²) in [6, 6.07) is 57.6. The van der Waals surface area contributed by atoms with Crippen molar-refractivity contribution in [1.29, 1.82) is 0 Å². The second-order valence-corrected chi connectivity index (χ2v) is 28.5. The van der Waals surface area contributed by atoms with E-state index in [4.69, 9.17) is 0 Å². The Morgan fingerprint density at radius 1 is 0.147 bits per heavy atom. The topological polar surface area (TPSA) is 0 Å². The van der Waals surface area contributed by atoms with Gasteiger partial charge in [-0.15, -0.1) is 0 Å². The molecule has 0 aliphatic rings. The van der Waals surface area contributed by atoms with Gasteiger partial charge in [-0.3, -0.25) is 0 Å². The Hall–Kier alpha value is -7.44. The van der Waals surface area contributed by atoms with Crippen LogP contribution in [0.2, 0.25) is 0 Å². The molecule has 0 aliphatic carbocycles. The highest BCUT2D eigenvalue weighted by atomic mass is 19.2. The minimum Gasteiger partial charge on any atom is -0.203 e. The van der Waals surface area contributed by atoms with Gasteiger partial charge in [0.2, 0.25) is 0 Å². The molecule has 0 saturated carbocycles. The summed E-state index contributed by atoms with van der Waals surface area (Å²) in [5, 5.41) is 0. The van der Waals surface area contributed by atoms with E-state index in [1.54, 1.807) is 36.4 Å². The predicted octanol–water partition coefficient (Wildman–Crippen LogP) is 31.0. The van der Waals surface area contributed by atoms with E-state index in [-0.39, 0.29) is 0 Å². The molecule has 6 heteroatoms. The van der Waals surface area contributed by atoms with Gasteiger partial charge >= 0.3 is 0 Å². The maximum atomic E-state index is 15.0. The smallest absolute Gasteiger partial charge is 0.167 e. The van der Waals surface area contributed by atoms with Crippen molar-refractivity contribution in [3.8, 4) is 66.8 Å². The molecule has 0 amide bonds. The van der Waals surface area contributed by atoms with Gasteiger partial charge in [0.25, 0.3) is 0 Å². The van der Waals surface area contributed by atoms with Gasteiger partial charge in [-0.25, -0.2) is 26.3 Å². The zero-order valence-corrected chi connectivity index (χ0v) is 63.0. The Kier molecular flexibility index (Phi) is 37.7. The quantitative estimate of drug-likeness (QED) is 0.0264. The molecule has 546 valence electrons. The third-order valence-electron chi connectivity index (χ3n) is 20.3. The largest absolute Gasteiger partial charge is 0.203 e. The second kappa shape index (κ2) is 47.0. The van der Waals surface area contributed by atoms with Crippen LogP contribution in [0, 0.1) is 34.9 Å². The van der Waals surface area contributed by atoms with Crippen LogP contribution in [0.5, 0.6) is 0 Å². The van der Waals surface area contributed by atoms with Gasteiger partial charge in [-0.1, -0.05) is 378 Å². The molecule has 0 fully saturated rings. The average molecular weight is 1390 g/mol. The minimum atomic E-state index is -0.776. The Balaban J connectivity index is 0.000000215. The zero-order valence-electron chi connectivity index (χ0n) is 63.0. The van der Waals surface area contributed by atoms with Crippen molar-refractivity contribution in [1.82, 2.24) is 0 Å². The first kappa shape index (κ1) is 81.9. The van der Waals surface area contributed by atoms with Crippen LogP contribution in [0.4, 0.5) is 26.3 Å². The molecular formula is C96H120F6. The van der Waals surface area contributed by atoms with Gasteiger partial charge in [-0.2, -0.15) is 0 Å². The SMILES string of the molecule is CCCCCCCCCCc1ccc(-c2ccc(-c3ccc(CCCCC)cc3)c(F)c2F)cc1.CCCCCCCCCc1ccc(-c2ccc(-c3ccc(CCCCC)cc3)c(F)c2F)cc1.CCCCCCCCc1ccc(-c2ccc(-c3ccc(CCCCC)cc3)c(F)c2F)cc1. The molecule has 0 aliphatic heterocycles. The lowest BCUT2D eigenvalue weighted by Crippen LogP contribution is -1.95. The summed E-state index contributed by atoms with van der Waals surface area (Å²) in [6.07, 6.45) is 44.0. The zero-order chi connectivity index (χ0) is 72.5. The molecule has 9 aromatic carbocycles. The Morgan fingerprint density at radius 3 is 0.412 bits per heavy atom. The number of hydrogen-bond acceptors (Lipinski definition) is 0. The molecule has 0 spiro atoms. The van der Waals surface area contributed by atoms with E-state index >= 15 is 17.6 Å². The van der Waals surface area contributed by atoms with Gasteiger partial charge in [-0.05, 0) is 144 Å². The highest BCUT2D eigenvalue weighted by Crippen LogP contribution is 2.36. The first-order valence-corrected chi connectivity index (χ1v) is 39.9. The number of halogens is 6. The fourth-order valence-electron chi connectivity index (χ4n) is 13.7. The van der Waals surface area contributed by atoms with Gasteiger partial charge in [0, 0.05) is 33.4 Å². The summed E-state index contributed by atoms with van der Waals surface area (Å²) in [4.78, 5) is 0.